The maximum atomic E-state index is 6.27. The summed E-state index contributed by atoms with van der Waals surface area (Å²) >= 11 is 12.2. The van der Waals surface area contributed by atoms with Gasteiger partial charge in [0.15, 0.2) is 5.65 Å². The summed E-state index contributed by atoms with van der Waals surface area (Å²) in [4.78, 5) is 11.0. The second-order valence-corrected chi connectivity index (χ2v) is 6.42. The van der Waals surface area contributed by atoms with Crippen LogP contribution in [0.5, 0.6) is 0 Å². The molecule has 1 aliphatic heterocycles. The van der Waals surface area contributed by atoms with E-state index in [1.54, 1.807) is 12.4 Å². The highest BCUT2D eigenvalue weighted by Gasteiger charge is 2.18. The van der Waals surface area contributed by atoms with Gasteiger partial charge in [-0.3, -0.25) is 0 Å². The van der Waals surface area contributed by atoms with Crippen molar-refractivity contribution in [1.82, 2.24) is 19.7 Å². The Labute approximate surface area is 149 Å². The van der Waals surface area contributed by atoms with E-state index < -0.39 is 0 Å². The van der Waals surface area contributed by atoms with Crippen molar-refractivity contribution in [3.63, 3.8) is 0 Å². The van der Waals surface area contributed by atoms with Crippen molar-refractivity contribution in [1.29, 1.82) is 0 Å². The molecule has 0 bridgehead atoms. The van der Waals surface area contributed by atoms with Crippen LogP contribution in [-0.2, 0) is 11.3 Å². The molecular weight excluding hydrogens is 349 g/mol. The molecule has 0 aliphatic carbocycles. The summed E-state index contributed by atoms with van der Waals surface area (Å²) in [6.45, 7) is 3.58. The number of morpholine rings is 1. The molecule has 124 valence electrons. The van der Waals surface area contributed by atoms with Crippen LogP contribution in [0.25, 0.3) is 11.0 Å². The van der Waals surface area contributed by atoms with E-state index in [1.807, 2.05) is 23.0 Å². The van der Waals surface area contributed by atoms with Gasteiger partial charge in [-0.15, -0.1) is 0 Å². The first kappa shape index (κ1) is 15.6. The Hall–Kier alpha value is -1.89. The predicted octanol–water partition coefficient (Wildman–Crippen LogP) is 3.02. The zero-order chi connectivity index (χ0) is 16.5. The summed E-state index contributed by atoms with van der Waals surface area (Å²) in [5.74, 6) is 0.900. The second kappa shape index (κ2) is 6.55. The molecule has 1 saturated heterocycles. The number of benzene rings is 1. The van der Waals surface area contributed by atoms with Crippen molar-refractivity contribution in [3.8, 4) is 0 Å². The summed E-state index contributed by atoms with van der Waals surface area (Å²) in [6, 6.07) is 5.46. The number of anilines is 1. The average Bonchev–Trinajstić information content (AvgIpc) is 3.01. The van der Waals surface area contributed by atoms with Crippen molar-refractivity contribution in [3.05, 3.63) is 46.3 Å². The highest BCUT2D eigenvalue weighted by atomic mass is 35.5. The highest BCUT2D eigenvalue weighted by Crippen LogP contribution is 2.26. The SMILES string of the molecule is Clc1ccc(Cn2ncc3c(N4CCOCC4)ncnc32)c(Cl)c1. The predicted molar refractivity (Wildman–Crippen MR) is 93.9 cm³/mol. The molecule has 1 aromatic carbocycles. The van der Waals surface area contributed by atoms with Gasteiger partial charge in [-0.2, -0.15) is 5.10 Å². The van der Waals surface area contributed by atoms with E-state index in [4.69, 9.17) is 27.9 Å². The Kier molecular flexibility index (Phi) is 4.26. The van der Waals surface area contributed by atoms with Gasteiger partial charge in [-0.1, -0.05) is 29.3 Å². The summed E-state index contributed by atoms with van der Waals surface area (Å²) in [6.07, 6.45) is 3.39. The maximum absolute atomic E-state index is 6.27. The zero-order valence-corrected chi connectivity index (χ0v) is 14.3. The summed E-state index contributed by atoms with van der Waals surface area (Å²) < 4.78 is 7.24. The minimum absolute atomic E-state index is 0.527. The van der Waals surface area contributed by atoms with E-state index in [0.29, 0.717) is 29.8 Å². The lowest BCUT2D eigenvalue weighted by Gasteiger charge is -2.27. The molecule has 0 radical (unpaired) electrons. The maximum Gasteiger partial charge on any atom is 0.163 e. The third-order valence-electron chi connectivity index (χ3n) is 4.06. The molecular formula is C16H15Cl2N5O. The van der Waals surface area contributed by atoms with E-state index in [-0.39, 0.29) is 0 Å². The summed E-state index contributed by atoms with van der Waals surface area (Å²) in [5.41, 5.74) is 1.73. The number of hydrogen-bond donors (Lipinski definition) is 0. The average molecular weight is 364 g/mol. The molecule has 3 aromatic rings. The number of rotatable bonds is 3. The van der Waals surface area contributed by atoms with Crippen molar-refractivity contribution in [2.24, 2.45) is 0 Å². The van der Waals surface area contributed by atoms with Crippen LogP contribution in [0.15, 0.2) is 30.7 Å². The molecule has 0 amide bonds. The van der Waals surface area contributed by atoms with Crippen LogP contribution in [0.4, 0.5) is 5.82 Å². The van der Waals surface area contributed by atoms with Crippen LogP contribution in [0.2, 0.25) is 10.0 Å². The van der Waals surface area contributed by atoms with Crippen molar-refractivity contribution in [2.45, 2.75) is 6.54 Å². The van der Waals surface area contributed by atoms with E-state index in [1.165, 1.54) is 0 Å². The lowest BCUT2D eigenvalue weighted by molar-refractivity contribution is 0.122. The standard InChI is InChI=1S/C16H15Cl2N5O/c17-12-2-1-11(14(18)7-12)9-23-16-13(8-21-23)15(19-10-20-16)22-3-5-24-6-4-22/h1-2,7-8,10H,3-6,9H2. The molecule has 0 saturated carbocycles. The monoisotopic (exact) mass is 363 g/mol. The quantitative estimate of drug-likeness (QED) is 0.715. The fraction of sp³-hybridized carbons (Fsp3) is 0.312. The van der Waals surface area contributed by atoms with Gasteiger partial charge in [0.2, 0.25) is 0 Å². The minimum Gasteiger partial charge on any atom is -0.378 e. The van der Waals surface area contributed by atoms with Gasteiger partial charge in [0.25, 0.3) is 0 Å². The Morgan fingerprint density at radius 3 is 2.75 bits per heavy atom. The number of nitrogens with zero attached hydrogens (tertiary/aromatic N) is 5. The molecule has 1 aliphatic rings. The van der Waals surface area contributed by atoms with E-state index in [0.717, 1.165) is 35.5 Å². The van der Waals surface area contributed by atoms with Crippen LogP contribution in [0.1, 0.15) is 5.56 Å². The molecule has 4 rings (SSSR count). The highest BCUT2D eigenvalue weighted by molar-refractivity contribution is 6.35. The molecule has 6 nitrogen and oxygen atoms in total. The molecule has 0 spiro atoms. The summed E-state index contributed by atoms with van der Waals surface area (Å²) in [5, 5.41) is 6.64. The van der Waals surface area contributed by atoms with E-state index >= 15 is 0 Å². The van der Waals surface area contributed by atoms with Crippen LogP contribution in [0.3, 0.4) is 0 Å². The number of hydrogen-bond acceptors (Lipinski definition) is 5. The summed E-state index contributed by atoms with van der Waals surface area (Å²) in [7, 11) is 0. The third kappa shape index (κ3) is 2.92. The number of fused-ring (bicyclic) bond motifs is 1. The molecule has 1 fully saturated rings. The van der Waals surface area contributed by atoms with E-state index in [2.05, 4.69) is 20.0 Å². The zero-order valence-electron chi connectivity index (χ0n) is 12.8. The van der Waals surface area contributed by atoms with Crippen molar-refractivity contribution in [2.75, 3.05) is 31.2 Å². The van der Waals surface area contributed by atoms with Gasteiger partial charge in [0, 0.05) is 23.1 Å². The number of halogens is 2. The lowest BCUT2D eigenvalue weighted by Crippen LogP contribution is -2.36. The van der Waals surface area contributed by atoms with Crippen molar-refractivity contribution < 1.29 is 4.74 Å². The van der Waals surface area contributed by atoms with Gasteiger partial charge in [-0.05, 0) is 17.7 Å². The van der Waals surface area contributed by atoms with Gasteiger partial charge < -0.3 is 9.64 Å². The first-order valence-corrected chi connectivity index (χ1v) is 8.41. The smallest absolute Gasteiger partial charge is 0.163 e. The third-order valence-corrected chi connectivity index (χ3v) is 4.65. The molecule has 0 N–H and O–H groups in total. The Bertz CT molecular complexity index is 876. The number of aromatic nitrogens is 4. The van der Waals surface area contributed by atoms with Crippen LogP contribution in [-0.4, -0.2) is 46.1 Å². The minimum atomic E-state index is 0.527. The Balaban J connectivity index is 1.70. The van der Waals surface area contributed by atoms with Crippen LogP contribution < -0.4 is 4.90 Å². The molecule has 0 atom stereocenters. The number of ether oxygens (including phenoxy) is 1. The largest absolute Gasteiger partial charge is 0.378 e. The first-order valence-electron chi connectivity index (χ1n) is 7.65. The van der Waals surface area contributed by atoms with Crippen LogP contribution >= 0.6 is 23.2 Å². The second-order valence-electron chi connectivity index (χ2n) is 5.57. The molecule has 8 heteroatoms. The molecule has 3 heterocycles. The van der Waals surface area contributed by atoms with Gasteiger partial charge in [0.1, 0.15) is 12.1 Å². The van der Waals surface area contributed by atoms with Crippen LogP contribution in [0, 0.1) is 0 Å². The molecule has 2 aromatic heterocycles. The molecule has 24 heavy (non-hydrogen) atoms. The van der Waals surface area contributed by atoms with Crippen molar-refractivity contribution >= 4 is 40.1 Å². The normalized spacial score (nSPS) is 15.2. The molecule has 0 unspecified atom stereocenters. The van der Waals surface area contributed by atoms with Gasteiger partial charge >= 0.3 is 0 Å². The topological polar surface area (TPSA) is 56.1 Å². The fourth-order valence-electron chi connectivity index (χ4n) is 2.83. The first-order chi connectivity index (χ1) is 11.7. The Morgan fingerprint density at radius 2 is 1.96 bits per heavy atom. The van der Waals surface area contributed by atoms with E-state index in [9.17, 15) is 0 Å². The van der Waals surface area contributed by atoms with Gasteiger partial charge in [-0.25, -0.2) is 14.6 Å². The van der Waals surface area contributed by atoms with Gasteiger partial charge in [0.05, 0.1) is 31.3 Å². The Morgan fingerprint density at radius 1 is 1.12 bits per heavy atom. The lowest BCUT2D eigenvalue weighted by atomic mass is 10.2. The fourth-order valence-corrected chi connectivity index (χ4v) is 3.30.